The average Bonchev–Trinajstić information content (AvgIpc) is 2.80. The van der Waals surface area contributed by atoms with Gasteiger partial charge in [0.15, 0.2) is 0 Å². The molecule has 6 heteroatoms. The predicted octanol–water partition coefficient (Wildman–Crippen LogP) is 4.07. The molecule has 0 aliphatic heterocycles. The molecule has 0 saturated carbocycles. The quantitative estimate of drug-likeness (QED) is 0.549. The van der Waals surface area contributed by atoms with Gasteiger partial charge in [0.05, 0.1) is 13.7 Å². The molecule has 2 N–H and O–H groups in total. The molecule has 0 aliphatic rings. The van der Waals surface area contributed by atoms with Crippen molar-refractivity contribution in [1.29, 1.82) is 0 Å². The number of carbonyl (C=O) groups is 2. The van der Waals surface area contributed by atoms with E-state index in [1.807, 2.05) is 37.3 Å². The van der Waals surface area contributed by atoms with Crippen molar-refractivity contribution in [3.05, 3.63) is 90.0 Å². The molecule has 6 nitrogen and oxygen atoms in total. The molecule has 0 fully saturated rings. The number of amides is 2. The largest absolute Gasteiger partial charge is 0.497 e. The Morgan fingerprint density at radius 3 is 2.13 bits per heavy atom. The molecule has 0 aliphatic carbocycles. The highest BCUT2D eigenvalue weighted by Gasteiger charge is 2.22. The van der Waals surface area contributed by atoms with Crippen molar-refractivity contribution >= 4 is 17.5 Å². The van der Waals surface area contributed by atoms with Crippen LogP contribution < -0.4 is 20.1 Å². The average molecular weight is 418 g/mol. The summed E-state index contributed by atoms with van der Waals surface area (Å²) in [6.07, 6.45) is 0.367. The normalized spacial score (nSPS) is 11.3. The number of nitrogens with one attached hydrogen (secondary N) is 2. The van der Waals surface area contributed by atoms with Gasteiger partial charge in [0.1, 0.15) is 17.5 Å². The summed E-state index contributed by atoms with van der Waals surface area (Å²) < 4.78 is 10.6. The number of hydrogen-bond acceptors (Lipinski definition) is 4. The lowest BCUT2D eigenvalue weighted by Crippen LogP contribution is -2.45. The van der Waals surface area contributed by atoms with E-state index in [9.17, 15) is 9.59 Å². The molecule has 0 bridgehead atoms. The van der Waals surface area contributed by atoms with Gasteiger partial charge >= 0.3 is 0 Å². The first kappa shape index (κ1) is 21.9. The highest BCUT2D eigenvalue weighted by atomic mass is 16.5. The first-order chi connectivity index (χ1) is 15.1. The smallest absolute Gasteiger partial charge is 0.251 e. The molecule has 0 radical (unpaired) electrons. The van der Waals surface area contributed by atoms with Gasteiger partial charge in [-0.25, -0.2) is 0 Å². The molecule has 0 saturated heterocycles. The monoisotopic (exact) mass is 418 g/mol. The van der Waals surface area contributed by atoms with E-state index in [1.54, 1.807) is 55.6 Å². The number of rotatable bonds is 9. The summed E-state index contributed by atoms with van der Waals surface area (Å²) in [5.74, 6) is 0.764. The fraction of sp³-hybridized carbons (Fsp3) is 0.200. The van der Waals surface area contributed by atoms with Gasteiger partial charge in [-0.15, -0.1) is 0 Å². The van der Waals surface area contributed by atoms with Gasteiger partial charge in [0, 0.05) is 17.7 Å². The van der Waals surface area contributed by atoms with Crippen LogP contribution in [0.5, 0.6) is 11.5 Å². The standard InChI is InChI=1S/C25H26N2O4/c1-3-31-22-15-11-20(12-16-22)26-25(29)23(17-18-7-5-4-6-8-18)27-24(28)19-9-13-21(30-2)14-10-19/h4-16,23H,3,17H2,1-2H3,(H,26,29)(H,27,28). The summed E-state index contributed by atoms with van der Waals surface area (Å²) in [5, 5.41) is 5.73. The Balaban J connectivity index is 1.74. The van der Waals surface area contributed by atoms with Gasteiger partial charge in [-0.3, -0.25) is 9.59 Å². The van der Waals surface area contributed by atoms with Gasteiger partial charge in [0.2, 0.25) is 5.91 Å². The minimum Gasteiger partial charge on any atom is -0.497 e. The van der Waals surface area contributed by atoms with Crippen LogP contribution in [-0.4, -0.2) is 31.6 Å². The molecule has 0 aromatic heterocycles. The molecule has 1 unspecified atom stereocenters. The summed E-state index contributed by atoms with van der Waals surface area (Å²) in [6.45, 7) is 2.48. The lowest BCUT2D eigenvalue weighted by atomic mass is 10.0. The van der Waals surface area contributed by atoms with Crippen LogP contribution in [-0.2, 0) is 11.2 Å². The van der Waals surface area contributed by atoms with E-state index in [2.05, 4.69) is 10.6 Å². The second-order valence-electron chi connectivity index (χ2n) is 6.89. The zero-order chi connectivity index (χ0) is 22.1. The van der Waals surface area contributed by atoms with Crippen LogP contribution in [0, 0.1) is 0 Å². The van der Waals surface area contributed by atoms with E-state index in [1.165, 1.54) is 0 Å². The highest BCUT2D eigenvalue weighted by Crippen LogP contribution is 2.17. The molecule has 0 spiro atoms. The maximum absolute atomic E-state index is 13.0. The molecular formula is C25H26N2O4. The highest BCUT2D eigenvalue weighted by molar-refractivity contribution is 6.01. The van der Waals surface area contributed by atoms with Gasteiger partial charge < -0.3 is 20.1 Å². The SMILES string of the molecule is CCOc1ccc(NC(=O)C(Cc2ccccc2)NC(=O)c2ccc(OC)cc2)cc1. The minimum absolute atomic E-state index is 0.296. The van der Waals surface area contributed by atoms with Crippen molar-refractivity contribution in [3.63, 3.8) is 0 Å². The van der Waals surface area contributed by atoms with Crippen molar-refractivity contribution < 1.29 is 19.1 Å². The minimum atomic E-state index is -0.747. The molecule has 3 aromatic rings. The van der Waals surface area contributed by atoms with E-state index < -0.39 is 6.04 Å². The Morgan fingerprint density at radius 2 is 1.52 bits per heavy atom. The van der Waals surface area contributed by atoms with Crippen molar-refractivity contribution in [3.8, 4) is 11.5 Å². The van der Waals surface area contributed by atoms with Gasteiger partial charge in [-0.05, 0) is 61.0 Å². The van der Waals surface area contributed by atoms with Crippen LogP contribution in [0.1, 0.15) is 22.8 Å². The van der Waals surface area contributed by atoms with Crippen molar-refractivity contribution in [1.82, 2.24) is 5.32 Å². The maximum atomic E-state index is 13.0. The summed E-state index contributed by atoms with van der Waals surface area (Å²) in [5.41, 5.74) is 2.03. The number of ether oxygens (including phenoxy) is 2. The number of methoxy groups -OCH3 is 1. The predicted molar refractivity (Wildman–Crippen MR) is 121 cm³/mol. The van der Waals surface area contributed by atoms with E-state index in [0.717, 1.165) is 11.3 Å². The lowest BCUT2D eigenvalue weighted by Gasteiger charge is -2.19. The summed E-state index contributed by atoms with van der Waals surface area (Å²) in [4.78, 5) is 25.8. The Morgan fingerprint density at radius 1 is 0.871 bits per heavy atom. The van der Waals surface area contributed by atoms with Gasteiger partial charge in [0.25, 0.3) is 5.91 Å². The third kappa shape index (κ3) is 6.34. The Kier molecular flexibility index (Phi) is 7.65. The van der Waals surface area contributed by atoms with Crippen molar-refractivity contribution in [2.45, 2.75) is 19.4 Å². The molecule has 31 heavy (non-hydrogen) atoms. The zero-order valence-electron chi connectivity index (χ0n) is 17.6. The molecule has 3 aromatic carbocycles. The topological polar surface area (TPSA) is 76.7 Å². The third-order valence-corrected chi connectivity index (χ3v) is 4.69. The summed E-state index contributed by atoms with van der Waals surface area (Å²) >= 11 is 0. The second-order valence-corrected chi connectivity index (χ2v) is 6.89. The Labute approximate surface area is 182 Å². The van der Waals surface area contributed by atoms with Crippen LogP contribution in [0.2, 0.25) is 0 Å². The molecule has 3 rings (SSSR count). The van der Waals surface area contributed by atoms with E-state index in [0.29, 0.717) is 30.0 Å². The van der Waals surface area contributed by atoms with E-state index in [4.69, 9.17) is 9.47 Å². The van der Waals surface area contributed by atoms with Crippen LogP contribution in [0.15, 0.2) is 78.9 Å². The van der Waals surface area contributed by atoms with Crippen molar-refractivity contribution in [2.75, 3.05) is 19.0 Å². The second kappa shape index (κ2) is 10.8. The Hall–Kier alpha value is -3.80. The fourth-order valence-corrected chi connectivity index (χ4v) is 3.07. The van der Waals surface area contributed by atoms with Gasteiger partial charge in [-0.1, -0.05) is 30.3 Å². The number of carbonyl (C=O) groups excluding carboxylic acids is 2. The summed E-state index contributed by atoms with van der Waals surface area (Å²) in [7, 11) is 1.57. The number of benzene rings is 3. The molecule has 160 valence electrons. The van der Waals surface area contributed by atoms with Crippen LogP contribution in [0.3, 0.4) is 0 Å². The molecule has 2 amide bonds. The molecule has 0 heterocycles. The third-order valence-electron chi connectivity index (χ3n) is 4.69. The van der Waals surface area contributed by atoms with Gasteiger partial charge in [-0.2, -0.15) is 0 Å². The van der Waals surface area contributed by atoms with E-state index >= 15 is 0 Å². The Bertz CT molecular complexity index is 986. The lowest BCUT2D eigenvalue weighted by molar-refractivity contribution is -0.118. The van der Waals surface area contributed by atoms with Crippen molar-refractivity contribution in [2.24, 2.45) is 0 Å². The van der Waals surface area contributed by atoms with Crippen LogP contribution >= 0.6 is 0 Å². The number of anilines is 1. The maximum Gasteiger partial charge on any atom is 0.251 e. The number of hydrogen-bond donors (Lipinski definition) is 2. The fourth-order valence-electron chi connectivity index (χ4n) is 3.07. The first-order valence-corrected chi connectivity index (χ1v) is 10.1. The van der Waals surface area contributed by atoms with E-state index in [-0.39, 0.29) is 11.8 Å². The molecule has 1 atom stereocenters. The van der Waals surface area contributed by atoms with Crippen LogP contribution in [0.4, 0.5) is 5.69 Å². The molecular weight excluding hydrogens is 392 g/mol. The first-order valence-electron chi connectivity index (χ1n) is 10.1. The zero-order valence-corrected chi connectivity index (χ0v) is 17.6. The van der Waals surface area contributed by atoms with Crippen LogP contribution in [0.25, 0.3) is 0 Å². The summed E-state index contributed by atoms with van der Waals surface area (Å²) in [6, 6.07) is 22.7.